The first-order valence-corrected chi connectivity index (χ1v) is 7.40. The van der Waals surface area contributed by atoms with Gasteiger partial charge in [0, 0.05) is 18.1 Å². The van der Waals surface area contributed by atoms with Gasteiger partial charge in [-0.15, -0.1) is 11.6 Å². The maximum atomic E-state index is 5.90. The Morgan fingerprint density at radius 1 is 0.905 bits per heavy atom. The Balaban J connectivity index is 1.78. The molecule has 0 spiro atoms. The molecule has 2 rings (SSSR count). The average molecular weight is 307 g/mol. The minimum Gasteiger partial charge on any atom is -0.497 e. The van der Waals surface area contributed by atoms with E-state index < -0.39 is 0 Å². The Morgan fingerprint density at radius 2 is 1.67 bits per heavy atom. The van der Waals surface area contributed by atoms with Gasteiger partial charge in [-0.25, -0.2) is 0 Å². The molecular weight excluding hydrogens is 288 g/mol. The summed E-state index contributed by atoms with van der Waals surface area (Å²) in [7, 11) is 1.63. The van der Waals surface area contributed by atoms with E-state index in [4.69, 9.17) is 25.8 Å². The molecule has 112 valence electrons. The Labute approximate surface area is 130 Å². The molecule has 0 unspecified atom stereocenters. The molecule has 0 saturated heterocycles. The standard InChI is InChI=1S/C17H19ClO3/c1-19-16-9-8-14(13-18)17(12-16)21-11-5-10-20-15-6-3-2-4-7-15/h2-4,6-9,12H,5,10-11,13H2,1H3. The third-order valence-electron chi connectivity index (χ3n) is 2.98. The lowest BCUT2D eigenvalue weighted by Gasteiger charge is -2.12. The summed E-state index contributed by atoms with van der Waals surface area (Å²) in [4.78, 5) is 0. The summed E-state index contributed by atoms with van der Waals surface area (Å²) in [6, 6.07) is 15.4. The fourth-order valence-electron chi connectivity index (χ4n) is 1.85. The van der Waals surface area contributed by atoms with E-state index in [1.807, 2.05) is 48.5 Å². The smallest absolute Gasteiger partial charge is 0.127 e. The summed E-state index contributed by atoms with van der Waals surface area (Å²) < 4.78 is 16.6. The van der Waals surface area contributed by atoms with Crippen molar-refractivity contribution in [1.29, 1.82) is 0 Å². The van der Waals surface area contributed by atoms with Crippen LogP contribution < -0.4 is 14.2 Å². The molecular formula is C17H19ClO3. The largest absolute Gasteiger partial charge is 0.497 e. The van der Waals surface area contributed by atoms with Crippen LogP contribution in [0.15, 0.2) is 48.5 Å². The van der Waals surface area contributed by atoms with Crippen molar-refractivity contribution in [3.8, 4) is 17.2 Å². The second-order valence-electron chi connectivity index (χ2n) is 4.47. The van der Waals surface area contributed by atoms with Crippen LogP contribution in [-0.4, -0.2) is 20.3 Å². The molecule has 0 radical (unpaired) electrons. The molecule has 0 aliphatic rings. The lowest BCUT2D eigenvalue weighted by atomic mass is 10.2. The summed E-state index contributed by atoms with van der Waals surface area (Å²) in [6.45, 7) is 1.19. The minimum atomic E-state index is 0.417. The number of hydrogen-bond acceptors (Lipinski definition) is 3. The van der Waals surface area contributed by atoms with E-state index in [1.54, 1.807) is 7.11 Å². The van der Waals surface area contributed by atoms with Crippen LogP contribution in [0.3, 0.4) is 0 Å². The molecule has 0 amide bonds. The number of alkyl halides is 1. The Kier molecular flexibility index (Phi) is 6.22. The zero-order valence-corrected chi connectivity index (χ0v) is 12.8. The first-order valence-electron chi connectivity index (χ1n) is 6.87. The summed E-state index contributed by atoms with van der Waals surface area (Å²) in [5.74, 6) is 2.82. The van der Waals surface area contributed by atoms with E-state index in [9.17, 15) is 0 Å². The van der Waals surface area contributed by atoms with Gasteiger partial charge in [0.1, 0.15) is 17.2 Å². The molecule has 3 nitrogen and oxygen atoms in total. The maximum absolute atomic E-state index is 5.90. The van der Waals surface area contributed by atoms with Gasteiger partial charge in [0.25, 0.3) is 0 Å². The van der Waals surface area contributed by atoms with Gasteiger partial charge in [-0.05, 0) is 18.2 Å². The molecule has 0 N–H and O–H groups in total. The van der Waals surface area contributed by atoms with Gasteiger partial charge >= 0.3 is 0 Å². The van der Waals surface area contributed by atoms with Crippen molar-refractivity contribution in [2.24, 2.45) is 0 Å². The van der Waals surface area contributed by atoms with Gasteiger partial charge in [0.15, 0.2) is 0 Å². The molecule has 2 aromatic carbocycles. The van der Waals surface area contributed by atoms with Crippen LogP contribution in [0.25, 0.3) is 0 Å². The van der Waals surface area contributed by atoms with Crippen molar-refractivity contribution in [2.45, 2.75) is 12.3 Å². The third kappa shape index (κ3) is 4.87. The van der Waals surface area contributed by atoms with Crippen LogP contribution >= 0.6 is 11.6 Å². The number of halogens is 1. The van der Waals surface area contributed by atoms with Gasteiger partial charge < -0.3 is 14.2 Å². The molecule has 0 fully saturated rings. The number of hydrogen-bond donors (Lipinski definition) is 0. The van der Waals surface area contributed by atoms with Gasteiger partial charge in [0.2, 0.25) is 0 Å². The Morgan fingerprint density at radius 3 is 2.38 bits per heavy atom. The zero-order chi connectivity index (χ0) is 14.9. The first-order chi connectivity index (χ1) is 10.3. The molecule has 0 aliphatic carbocycles. The maximum Gasteiger partial charge on any atom is 0.127 e. The topological polar surface area (TPSA) is 27.7 Å². The number of methoxy groups -OCH3 is 1. The summed E-state index contributed by atoms with van der Waals surface area (Å²) >= 11 is 5.90. The number of rotatable bonds is 8. The highest BCUT2D eigenvalue weighted by Crippen LogP contribution is 2.26. The quantitative estimate of drug-likeness (QED) is 0.538. The zero-order valence-electron chi connectivity index (χ0n) is 12.0. The normalized spacial score (nSPS) is 10.2. The molecule has 2 aromatic rings. The molecule has 21 heavy (non-hydrogen) atoms. The van der Waals surface area contributed by atoms with E-state index in [-0.39, 0.29) is 0 Å². The molecule has 0 atom stereocenters. The van der Waals surface area contributed by atoms with Crippen molar-refractivity contribution in [3.63, 3.8) is 0 Å². The summed E-state index contributed by atoms with van der Waals surface area (Å²) in [6.07, 6.45) is 0.799. The second-order valence-corrected chi connectivity index (χ2v) is 4.74. The third-order valence-corrected chi connectivity index (χ3v) is 3.26. The van der Waals surface area contributed by atoms with Gasteiger partial charge in [-0.2, -0.15) is 0 Å². The fraction of sp³-hybridized carbons (Fsp3) is 0.294. The van der Waals surface area contributed by atoms with E-state index in [1.165, 1.54) is 0 Å². The number of benzene rings is 2. The van der Waals surface area contributed by atoms with Crippen LogP contribution in [0.4, 0.5) is 0 Å². The van der Waals surface area contributed by atoms with Gasteiger partial charge in [-0.3, -0.25) is 0 Å². The van der Waals surface area contributed by atoms with Crippen molar-refractivity contribution < 1.29 is 14.2 Å². The van der Waals surface area contributed by atoms with E-state index in [0.29, 0.717) is 19.1 Å². The lowest BCUT2D eigenvalue weighted by Crippen LogP contribution is -2.06. The predicted octanol–water partition coefficient (Wildman–Crippen LogP) is 4.28. The summed E-state index contributed by atoms with van der Waals surface area (Å²) in [5.41, 5.74) is 0.960. The van der Waals surface area contributed by atoms with Crippen molar-refractivity contribution in [2.75, 3.05) is 20.3 Å². The molecule has 0 heterocycles. The summed E-state index contributed by atoms with van der Waals surface area (Å²) in [5, 5.41) is 0. The minimum absolute atomic E-state index is 0.417. The SMILES string of the molecule is COc1ccc(CCl)c(OCCCOc2ccccc2)c1. The fourth-order valence-corrected chi connectivity index (χ4v) is 2.08. The predicted molar refractivity (Wildman–Crippen MR) is 84.6 cm³/mol. The molecule has 4 heteroatoms. The van der Waals surface area contributed by atoms with E-state index in [0.717, 1.165) is 29.2 Å². The van der Waals surface area contributed by atoms with Crippen molar-refractivity contribution in [1.82, 2.24) is 0 Å². The number of para-hydroxylation sites is 1. The van der Waals surface area contributed by atoms with E-state index in [2.05, 4.69) is 0 Å². The van der Waals surface area contributed by atoms with E-state index >= 15 is 0 Å². The second kappa shape index (κ2) is 8.42. The Hall–Kier alpha value is -1.87. The highest BCUT2D eigenvalue weighted by Gasteiger charge is 2.05. The lowest BCUT2D eigenvalue weighted by molar-refractivity contribution is 0.246. The first kappa shape index (κ1) is 15.5. The molecule has 0 saturated carbocycles. The Bertz CT molecular complexity index is 543. The van der Waals surface area contributed by atoms with Crippen LogP contribution in [0.5, 0.6) is 17.2 Å². The highest BCUT2D eigenvalue weighted by molar-refractivity contribution is 6.17. The van der Waals surface area contributed by atoms with Crippen molar-refractivity contribution in [3.05, 3.63) is 54.1 Å². The molecule has 0 bridgehead atoms. The molecule has 0 aromatic heterocycles. The highest BCUT2D eigenvalue weighted by atomic mass is 35.5. The number of ether oxygens (including phenoxy) is 3. The van der Waals surface area contributed by atoms with Crippen LogP contribution in [0, 0.1) is 0 Å². The van der Waals surface area contributed by atoms with Gasteiger partial charge in [-0.1, -0.05) is 24.3 Å². The van der Waals surface area contributed by atoms with Gasteiger partial charge in [0.05, 0.1) is 26.2 Å². The van der Waals surface area contributed by atoms with Crippen LogP contribution in [0.2, 0.25) is 0 Å². The average Bonchev–Trinajstić information content (AvgIpc) is 2.55. The molecule has 0 aliphatic heterocycles. The monoisotopic (exact) mass is 306 g/mol. The van der Waals surface area contributed by atoms with Crippen molar-refractivity contribution >= 4 is 11.6 Å². The van der Waals surface area contributed by atoms with Crippen LogP contribution in [-0.2, 0) is 5.88 Å². The van der Waals surface area contributed by atoms with Crippen LogP contribution in [0.1, 0.15) is 12.0 Å².